The summed E-state index contributed by atoms with van der Waals surface area (Å²) < 4.78 is 5.76. The summed E-state index contributed by atoms with van der Waals surface area (Å²) in [6.07, 6.45) is 6.18. The number of fused-ring (bicyclic) bond motifs is 2. The molecule has 2 saturated carbocycles. The third-order valence-corrected chi connectivity index (χ3v) is 5.13. The molecule has 2 aliphatic carbocycles. The van der Waals surface area contributed by atoms with Crippen molar-refractivity contribution in [3.63, 3.8) is 0 Å². The van der Waals surface area contributed by atoms with Crippen molar-refractivity contribution in [3.8, 4) is 0 Å². The first-order chi connectivity index (χ1) is 8.61. The van der Waals surface area contributed by atoms with Crippen LogP contribution in [0.4, 0.5) is 0 Å². The molecule has 5 atom stereocenters. The number of hydrogen-bond donors (Lipinski definition) is 1. The van der Waals surface area contributed by atoms with Crippen LogP contribution >= 0.6 is 12.2 Å². The van der Waals surface area contributed by atoms with Gasteiger partial charge in [0, 0.05) is 19.1 Å². The fourth-order valence-corrected chi connectivity index (χ4v) is 4.32. The van der Waals surface area contributed by atoms with E-state index in [1.165, 1.54) is 25.7 Å². The van der Waals surface area contributed by atoms with E-state index >= 15 is 0 Å². The predicted molar refractivity (Wildman–Crippen MR) is 76.6 cm³/mol. The molecular weight excluding hydrogens is 244 g/mol. The van der Waals surface area contributed by atoms with Gasteiger partial charge in [0.1, 0.15) is 0 Å². The van der Waals surface area contributed by atoms with Gasteiger partial charge in [-0.3, -0.25) is 0 Å². The van der Waals surface area contributed by atoms with Crippen molar-refractivity contribution in [2.24, 2.45) is 11.8 Å². The Morgan fingerprint density at radius 1 is 1.17 bits per heavy atom. The Bertz CT molecular complexity index is 326. The highest BCUT2D eigenvalue weighted by Crippen LogP contribution is 2.44. The minimum Gasteiger partial charge on any atom is -0.372 e. The summed E-state index contributed by atoms with van der Waals surface area (Å²) in [6, 6.07) is 0.643. The average Bonchev–Trinajstić information content (AvgIpc) is 2.89. The van der Waals surface area contributed by atoms with Crippen LogP contribution in [0.1, 0.15) is 39.5 Å². The maximum atomic E-state index is 5.76. The van der Waals surface area contributed by atoms with Gasteiger partial charge in [0.2, 0.25) is 0 Å². The summed E-state index contributed by atoms with van der Waals surface area (Å²) in [6.45, 7) is 6.11. The minimum absolute atomic E-state index is 0.286. The molecule has 1 saturated heterocycles. The van der Waals surface area contributed by atoms with E-state index in [4.69, 9.17) is 17.0 Å². The van der Waals surface area contributed by atoms with Gasteiger partial charge in [0.05, 0.1) is 12.2 Å². The van der Waals surface area contributed by atoms with E-state index < -0.39 is 0 Å². The molecule has 3 nitrogen and oxygen atoms in total. The van der Waals surface area contributed by atoms with E-state index in [0.29, 0.717) is 6.04 Å². The first kappa shape index (κ1) is 12.7. The van der Waals surface area contributed by atoms with Crippen LogP contribution in [0.25, 0.3) is 0 Å². The highest BCUT2D eigenvalue weighted by Gasteiger charge is 2.40. The van der Waals surface area contributed by atoms with Gasteiger partial charge < -0.3 is 15.0 Å². The number of hydrogen-bond acceptors (Lipinski definition) is 2. The normalized spacial score (nSPS) is 43.2. The Labute approximate surface area is 115 Å². The zero-order valence-electron chi connectivity index (χ0n) is 11.4. The fourth-order valence-electron chi connectivity index (χ4n) is 4.02. The molecule has 0 radical (unpaired) electrons. The number of nitrogens with zero attached hydrogens (tertiary/aromatic N) is 1. The van der Waals surface area contributed by atoms with Crippen LogP contribution < -0.4 is 5.32 Å². The Hall–Kier alpha value is -0.350. The van der Waals surface area contributed by atoms with E-state index in [1.54, 1.807) is 0 Å². The van der Waals surface area contributed by atoms with Gasteiger partial charge in [-0.25, -0.2) is 0 Å². The quantitative estimate of drug-likeness (QED) is 0.737. The SMILES string of the molecule is C[C@@H]1CN(C(=S)N[C@H]2C[C@H]3CC[C@H]2C3)C[C@@H](C)O1. The van der Waals surface area contributed by atoms with Gasteiger partial charge in [0.15, 0.2) is 5.11 Å². The largest absolute Gasteiger partial charge is 0.372 e. The molecule has 0 spiro atoms. The van der Waals surface area contributed by atoms with Crippen molar-refractivity contribution in [1.82, 2.24) is 10.2 Å². The number of nitrogens with one attached hydrogen (secondary N) is 1. The van der Waals surface area contributed by atoms with Crippen LogP contribution in [-0.2, 0) is 4.74 Å². The van der Waals surface area contributed by atoms with Crippen molar-refractivity contribution in [2.75, 3.05) is 13.1 Å². The highest BCUT2D eigenvalue weighted by atomic mass is 32.1. The molecular formula is C14H24N2OS. The lowest BCUT2D eigenvalue weighted by atomic mass is 9.95. The lowest BCUT2D eigenvalue weighted by molar-refractivity contribution is -0.0484. The van der Waals surface area contributed by atoms with E-state index in [1.807, 2.05) is 0 Å². The maximum Gasteiger partial charge on any atom is 0.169 e. The molecule has 2 bridgehead atoms. The molecule has 3 fully saturated rings. The van der Waals surface area contributed by atoms with E-state index in [9.17, 15) is 0 Å². The number of thiocarbonyl (C=S) groups is 1. The smallest absolute Gasteiger partial charge is 0.169 e. The standard InChI is InChI=1S/C14H24N2OS/c1-9-7-16(8-10(2)17-9)14(18)15-13-6-11-3-4-12(13)5-11/h9-13H,3-8H2,1-2H3,(H,15,18)/t9-,10-,11+,12+,13+/m1/s1. The zero-order chi connectivity index (χ0) is 12.7. The molecule has 1 heterocycles. The molecule has 0 unspecified atom stereocenters. The fraction of sp³-hybridized carbons (Fsp3) is 0.929. The monoisotopic (exact) mass is 268 g/mol. The third-order valence-electron chi connectivity index (χ3n) is 4.75. The van der Waals surface area contributed by atoms with Gasteiger partial charge >= 0.3 is 0 Å². The summed E-state index contributed by atoms with van der Waals surface area (Å²) in [7, 11) is 0. The first-order valence-electron chi connectivity index (χ1n) is 7.32. The summed E-state index contributed by atoms with van der Waals surface area (Å²) in [4.78, 5) is 2.29. The average molecular weight is 268 g/mol. The third kappa shape index (κ3) is 2.50. The summed E-state index contributed by atoms with van der Waals surface area (Å²) in [5, 5.41) is 4.58. The number of ether oxygens (including phenoxy) is 1. The number of rotatable bonds is 1. The zero-order valence-corrected chi connectivity index (χ0v) is 12.2. The predicted octanol–water partition coefficient (Wildman–Crippen LogP) is 2.16. The van der Waals surface area contributed by atoms with E-state index in [2.05, 4.69) is 24.1 Å². The molecule has 3 aliphatic rings. The van der Waals surface area contributed by atoms with Crippen LogP contribution in [0.2, 0.25) is 0 Å². The van der Waals surface area contributed by atoms with E-state index in [0.717, 1.165) is 30.0 Å². The molecule has 0 aromatic heterocycles. The lowest BCUT2D eigenvalue weighted by Crippen LogP contribution is -2.54. The molecule has 0 aromatic carbocycles. The maximum absolute atomic E-state index is 5.76. The van der Waals surface area contributed by atoms with Gasteiger partial charge in [-0.05, 0) is 57.2 Å². The second-order valence-corrected chi connectivity index (χ2v) is 6.78. The van der Waals surface area contributed by atoms with Crippen molar-refractivity contribution >= 4 is 17.3 Å². The van der Waals surface area contributed by atoms with Crippen LogP contribution in [0.5, 0.6) is 0 Å². The number of morpholine rings is 1. The Morgan fingerprint density at radius 2 is 1.89 bits per heavy atom. The van der Waals surface area contributed by atoms with Crippen molar-refractivity contribution in [1.29, 1.82) is 0 Å². The van der Waals surface area contributed by atoms with Crippen LogP contribution in [-0.4, -0.2) is 41.4 Å². The Morgan fingerprint density at radius 3 is 2.44 bits per heavy atom. The summed E-state index contributed by atoms with van der Waals surface area (Å²) in [5.74, 6) is 1.85. The second kappa shape index (κ2) is 4.97. The molecule has 3 rings (SSSR count). The second-order valence-electron chi connectivity index (χ2n) is 6.39. The summed E-state index contributed by atoms with van der Waals surface area (Å²) in [5.41, 5.74) is 0. The lowest BCUT2D eigenvalue weighted by Gasteiger charge is -2.38. The molecule has 18 heavy (non-hydrogen) atoms. The molecule has 4 heteroatoms. The first-order valence-corrected chi connectivity index (χ1v) is 7.73. The molecule has 0 amide bonds. The summed E-state index contributed by atoms with van der Waals surface area (Å²) >= 11 is 5.59. The molecule has 1 N–H and O–H groups in total. The van der Waals surface area contributed by atoms with Gasteiger partial charge in [0.25, 0.3) is 0 Å². The van der Waals surface area contributed by atoms with Crippen LogP contribution in [0.15, 0.2) is 0 Å². The van der Waals surface area contributed by atoms with Gasteiger partial charge in [-0.1, -0.05) is 6.42 Å². The highest BCUT2D eigenvalue weighted by molar-refractivity contribution is 7.80. The van der Waals surface area contributed by atoms with E-state index in [-0.39, 0.29) is 12.2 Å². The molecule has 102 valence electrons. The Balaban J connectivity index is 1.55. The van der Waals surface area contributed by atoms with Crippen molar-refractivity contribution < 1.29 is 4.74 Å². The minimum atomic E-state index is 0.286. The van der Waals surface area contributed by atoms with Crippen LogP contribution in [0.3, 0.4) is 0 Å². The van der Waals surface area contributed by atoms with Gasteiger partial charge in [-0.2, -0.15) is 0 Å². The Kier molecular flexibility index (Phi) is 3.50. The van der Waals surface area contributed by atoms with Gasteiger partial charge in [-0.15, -0.1) is 0 Å². The van der Waals surface area contributed by atoms with Crippen LogP contribution in [0, 0.1) is 11.8 Å². The van der Waals surface area contributed by atoms with Crippen molar-refractivity contribution in [3.05, 3.63) is 0 Å². The molecule has 0 aromatic rings. The van der Waals surface area contributed by atoms with Crippen molar-refractivity contribution in [2.45, 2.75) is 57.8 Å². The topological polar surface area (TPSA) is 24.5 Å². The molecule has 1 aliphatic heterocycles.